The standard InChI is InChI=1S/C17H15N2O2/c1-21-16-8-6-13(7-9-16)17(20)12-19-11-15-5-3-2-4-14(15)10-18-19/h2-11H,12H2,1H3/q+1. The van der Waals surface area contributed by atoms with Crippen molar-refractivity contribution in [3.05, 3.63) is 66.5 Å². The van der Waals surface area contributed by atoms with E-state index in [0.29, 0.717) is 5.56 Å². The number of ketones is 1. The highest BCUT2D eigenvalue weighted by molar-refractivity contribution is 5.95. The van der Waals surface area contributed by atoms with Crippen molar-refractivity contribution in [2.45, 2.75) is 6.54 Å². The van der Waals surface area contributed by atoms with Gasteiger partial charge in [0.2, 0.25) is 18.5 Å². The van der Waals surface area contributed by atoms with Gasteiger partial charge in [0, 0.05) is 16.3 Å². The summed E-state index contributed by atoms with van der Waals surface area (Å²) in [6.07, 6.45) is 3.66. The zero-order valence-electron chi connectivity index (χ0n) is 11.7. The number of fused-ring (bicyclic) bond motifs is 1. The van der Waals surface area contributed by atoms with Gasteiger partial charge >= 0.3 is 0 Å². The fourth-order valence-electron chi connectivity index (χ4n) is 2.18. The topological polar surface area (TPSA) is 43.1 Å². The molecular weight excluding hydrogens is 264 g/mol. The smallest absolute Gasteiger partial charge is 0.236 e. The molecule has 0 unspecified atom stereocenters. The van der Waals surface area contributed by atoms with Crippen LogP contribution in [0.15, 0.2) is 60.9 Å². The maximum Gasteiger partial charge on any atom is 0.236 e. The number of hydrogen-bond donors (Lipinski definition) is 0. The lowest BCUT2D eigenvalue weighted by Crippen LogP contribution is -2.41. The molecule has 0 radical (unpaired) electrons. The number of methoxy groups -OCH3 is 1. The summed E-state index contributed by atoms with van der Waals surface area (Å²) in [5.41, 5.74) is 0.651. The van der Waals surface area contributed by atoms with E-state index in [0.717, 1.165) is 16.5 Å². The van der Waals surface area contributed by atoms with Gasteiger partial charge in [0.15, 0.2) is 0 Å². The van der Waals surface area contributed by atoms with Crippen LogP contribution in [0.1, 0.15) is 10.4 Å². The van der Waals surface area contributed by atoms with Gasteiger partial charge in [-0.05, 0) is 35.4 Å². The van der Waals surface area contributed by atoms with Crippen LogP contribution in [0, 0.1) is 0 Å². The lowest BCUT2D eigenvalue weighted by atomic mass is 10.1. The Morgan fingerprint density at radius 2 is 1.81 bits per heavy atom. The van der Waals surface area contributed by atoms with Crippen LogP contribution in [0.25, 0.3) is 10.8 Å². The van der Waals surface area contributed by atoms with E-state index in [9.17, 15) is 4.79 Å². The van der Waals surface area contributed by atoms with E-state index in [1.807, 2.05) is 30.5 Å². The summed E-state index contributed by atoms with van der Waals surface area (Å²) in [5.74, 6) is 0.758. The molecule has 0 saturated heterocycles. The third-order valence-corrected chi connectivity index (χ3v) is 3.35. The molecule has 0 saturated carbocycles. The number of benzene rings is 2. The summed E-state index contributed by atoms with van der Waals surface area (Å²) in [6, 6.07) is 15.0. The second-order valence-corrected chi connectivity index (χ2v) is 4.75. The summed E-state index contributed by atoms with van der Waals surface area (Å²) in [4.78, 5) is 12.2. The van der Waals surface area contributed by atoms with Crippen molar-refractivity contribution in [2.75, 3.05) is 7.11 Å². The van der Waals surface area contributed by atoms with Gasteiger partial charge in [0.25, 0.3) is 0 Å². The summed E-state index contributed by atoms with van der Waals surface area (Å²) in [7, 11) is 1.60. The second-order valence-electron chi connectivity index (χ2n) is 4.75. The van der Waals surface area contributed by atoms with E-state index in [2.05, 4.69) is 5.10 Å². The largest absolute Gasteiger partial charge is 0.497 e. The Kier molecular flexibility index (Phi) is 3.60. The first-order valence-corrected chi connectivity index (χ1v) is 6.68. The lowest BCUT2D eigenvalue weighted by molar-refractivity contribution is -0.740. The highest BCUT2D eigenvalue weighted by atomic mass is 16.5. The molecule has 0 N–H and O–H groups in total. The monoisotopic (exact) mass is 279 g/mol. The molecule has 3 aromatic rings. The maximum atomic E-state index is 12.2. The summed E-state index contributed by atoms with van der Waals surface area (Å²) in [6.45, 7) is 0.219. The zero-order chi connectivity index (χ0) is 14.7. The Balaban J connectivity index is 1.81. The Morgan fingerprint density at radius 3 is 2.52 bits per heavy atom. The first kappa shape index (κ1) is 13.2. The zero-order valence-corrected chi connectivity index (χ0v) is 11.7. The second kappa shape index (κ2) is 5.71. The van der Waals surface area contributed by atoms with Gasteiger partial charge in [0.05, 0.1) is 7.11 Å². The molecule has 1 heterocycles. The van der Waals surface area contributed by atoms with Gasteiger partial charge in [-0.15, -0.1) is 0 Å². The van der Waals surface area contributed by atoms with Crippen molar-refractivity contribution in [1.29, 1.82) is 0 Å². The minimum atomic E-state index is 0.0189. The van der Waals surface area contributed by atoms with Gasteiger partial charge in [-0.25, -0.2) is 0 Å². The summed E-state index contributed by atoms with van der Waals surface area (Å²) < 4.78 is 6.75. The number of rotatable bonds is 4. The fourth-order valence-corrected chi connectivity index (χ4v) is 2.18. The number of nitrogens with zero attached hydrogens (tertiary/aromatic N) is 2. The molecule has 0 amide bonds. The average Bonchev–Trinajstić information content (AvgIpc) is 2.55. The van der Waals surface area contributed by atoms with E-state index in [1.54, 1.807) is 42.3 Å². The van der Waals surface area contributed by atoms with Gasteiger partial charge in [-0.2, -0.15) is 0 Å². The molecule has 0 aliphatic heterocycles. The average molecular weight is 279 g/mol. The van der Waals surface area contributed by atoms with Crippen molar-refractivity contribution >= 4 is 16.6 Å². The highest BCUT2D eigenvalue weighted by Gasteiger charge is 2.14. The van der Waals surface area contributed by atoms with Crippen molar-refractivity contribution in [2.24, 2.45) is 0 Å². The number of aromatic nitrogens is 2. The third-order valence-electron chi connectivity index (χ3n) is 3.35. The molecule has 1 aromatic heterocycles. The minimum absolute atomic E-state index is 0.0189. The van der Waals surface area contributed by atoms with E-state index in [1.165, 1.54) is 0 Å². The maximum absolute atomic E-state index is 12.2. The van der Waals surface area contributed by atoms with E-state index in [4.69, 9.17) is 4.74 Å². The SMILES string of the molecule is COc1ccc(C(=O)C[n+]2cc3ccccc3cn2)cc1. The van der Waals surface area contributed by atoms with Crippen LogP contribution < -0.4 is 9.42 Å². The van der Waals surface area contributed by atoms with Crippen molar-refractivity contribution in [3.63, 3.8) is 0 Å². The van der Waals surface area contributed by atoms with Crippen LogP contribution in [0.4, 0.5) is 0 Å². The Bertz CT molecular complexity index is 782. The van der Waals surface area contributed by atoms with Crippen molar-refractivity contribution in [3.8, 4) is 5.75 Å². The molecular formula is C17H15N2O2+. The van der Waals surface area contributed by atoms with Crippen LogP contribution >= 0.6 is 0 Å². The molecule has 0 spiro atoms. The first-order valence-electron chi connectivity index (χ1n) is 6.68. The normalized spacial score (nSPS) is 10.5. The summed E-state index contributed by atoms with van der Waals surface area (Å²) in [5, 5.41) is 6.40. The molecule has 0 atom stereocenters. The Labute approximate surface area is 122 Å². The fraction of sp³-hybridized carbons (Fsp3) is 0.118. The van der Waals surface area contributed by atoms with Crippen LogP contribution in [-0.2, 0) is 6.54 Å². The number of ether oxygens (including phenoxy) is 1. The molecule has 3 rings (SSSR count). The van der Waals surface area contributed by atoms with Crippen molar-refractivity contribution in [1.82, 2.24) is 5.10 Å². The highest BCUT2D eigenvalue weighted by Crippen LogP contribution is 2.12. The minimum Gasteiger partial charge on any atom is -0.497 e. The van der Waals surface area contributed by atoms with E-state index >= 15 is 0 Å². The number of hydrogen-bond acceptors (Lipinski definition) is 3. The number of Topliss-reactive ketones (excluding diaryl/α,β-unsaturated/α-hetero) is 1. The third kappa shape index (κ3) is 2.89. The van der Waals surface area contributed by atoms with Crippen LogP contribution in [-0.4, -0.2) is 18.0 Å². The molecule has 0 aliphatic carbocycles. The Morgan fingerprint density at radius 1 is 1.10 bits per heavy atom. The summed E-state index contributed by atoms with van der Waals surface area (Å²) >= 11 is 0. The molecule has 4 nitrogen and oxygen atoms in total. The molecule has 4 heteroatoms. The molecule has 0 aliphatic rings. The molecule has 104 valence electrons. The predicted molar refractivity (Wildman–Crippen MR) is 79.3 cm³/mol. The van der Waals surface area contributed by atoms with Gasteiger partial charge < -0.3 is 4.74 Å². The quantitative estimate of drug-likeness (QED) is 0.544. The van der Waals surface area contributed by atoms with Gasteiger partial charge in [-0.1, -0.05) is 22.9 Å². The number of carbonyl (C=O) groups is 1. The predicted octanol–water partition coefficient (Wildman–Crippen LogP) is 2.41. The molecule has 0 fully saturated rings. The van der Waals surface area contributed by atoms with Gasteiger partial charge in [-0.3, -0.25) is 4.79 Å². The van der Waals surface area contributed by atoms with Crippen LogP contribution in [0.2, 0.25) is 0 Å². The lowest BCUT2D eigenvalue weighted by Gasteiger charge is -2.01. The van der Waals surface area contributed by atoms with Crippen molar-refractivity contribution < 1.29 is 14.2 Å². The molecule has 0 bridgehead atoms. The van der Waals surface area contributed by atoms with E-state index in [-0.39, 0.29) is 12.3 Å². The molecule has 2 aromatic carbocycles. The van der Waals surface area contributed by atoms with E-state index < -0.39 is 0 Å². The molecule has 21 heavy (non-hydrogen) atoms. The first-order chi connectivity index (χ1) is 10.3. The number of carbonyl (C=O) groups excluding carboxylic acids is 1. The Hall–Kier alpha value is -2.75. The van der Waals surface area contributed by atoms with Crippen LogP contribution in [0.5, 0.6) is 5.75 Å². The van der Waals surface area contributed by atoms with Crippen LogP contribution in [0.3, 0.4) is 0 Å². The van der Waals surface area contributed by atoms with Gasteiger partial charge in [0.1, 0.15) is 11.9 Å².